The van der Waals surface area contributed by atoms with Gasteiger partial charge < -0.3 is 19.5 Å². The molecule has 1 fully saturated rings. The zero-order valence-electron chi connectivity index (χ0n) is 22.4. The lowest BCUT2D eigenvalue weighted by atomic mass is 9.97. The minimum atomic E-state index is 0.0689. The Hall–Kier alpha value is -2.70. The number of likely N-dealkylation sites (tertiary alicyclic amines) is 1. The van der Waals surface area contributed by atoms with E-state index in [1.54, 1.807) is 0 Å². The molecule has 0 saturated carbocycles. The molecule has 0 bridgehead atoms. The molecule has 2 heterocycles. The first-order chi connectivity index (χ1) is 17.4. The number of aromatic nitrogens is 2. The average Bonchev–Trinajstić information content (AvgIpc) is 3.44. The number of carbonyl (C=O) groups excluding carboxylic acids is 1. The lowest BCUT2D eigenvalue weighted by molar-refractivity contribution is -0.115. The van der Waals surface area contributed by atoms with Gasteiger partial charge in [0.25, 0.3) is 0 Å². The van der Waals surface area contributed by atoms with Crippen LogP contribution in [0.3, 0.4) is 0 Å². The highest BCUT2D eigenvalue weighted by molar-refractivity contribution is 5.90. The highest BCUT2D eigenvalue weighted by atomic mass is 16.5. The van der Waals surface area contributed by atoms with E-state index in [4.69, 9.17) is 9.72 Å². The van der Waals surface area contributed by atoms with Gasteiger partial charge in [0.1, 0.15) is 5.82 Å². The van der Waals surface area contributed by atoms with E-state index in [1.807, 2.05) is 20.1 Å². The van der Waals surface area contributed by atoms with Gasteiger partial charge >= 0.3 is 0 Å². The molecule has 0 spiro atoms. The molecule has 1 saturated heterocycles. The number of piperidine rings is 1. The topological polar surface area (TPSA) is 59.4 Å². The summed E-state index contributed by atoms with van der Waals surface area (Å²) < 4.78 is 8.60. The summed E-state index contributed by atoms with van der Waals surface area (Å²) in [6, 6.07) is 13.3. The third-order valence-corrected chi connectivity index (χ3v) is 7.98. The van der Waals surface area contributed by atoms with Gasteiger partial charge in [-0.1, -0.05) is 32.9 Å². The van der Waals surface area contributed by atoms with Gasteiger partial charge in [-0.25, -0.2) is 4.98 Å². The molecule has 2 aliphatic rings. The number of carbonyl (C=O) groups is 1. The SMILES string of the molecule is CCC(=O)Nc1ccc2c(c1)CC(CN1CCC(n3c(C(C)C)nc4cc(C)ccc43)[C@H](OC)C1)C2. The van der Waals surface area contributed by atoms with Crippen molar-refractivity contribution in [1.82, 2.24) is 14.5 Å². The van der Waals surface area contributed by atoms with Crippen molar-refractivity contribution < 1.29 is 9.53 Å². The smallest absolute Gasteiger partial charge is 0.224 e. The number of hydrogen-bond donors (Lipinski definition) is 1. The molecule has 3 atom stereocenters. The van der Waals surface area contributed by atoms with E-state index in [0.717, 1.165) is 55.9 Å². The monoisotopic (exact) mass is 488 g/mol. The third kappa shape index (κ3) is 4.94. The van der Waals surface area contributed by atoms with Gasteiger partial charge in [0.2, 0.25) is 5.91 Å². The van der Waals surface area contributed by atoms with Gasteiger partial charge in [-0.15, -0.1) is 0 Å². The number of anilines is 1. The van der Waals surface area contributed by atoms with Crippen LogP contribution in [0.1, 0.15) is 68.1 Å². The molecular formula is C30H40N4O2. The van der Waals surface area contributed by atoms with Gasteiger partial charge in [-0.2, -0.15) is 0 Å². The molecule has 1 aromatic heterocycles. The summed E-state index contributed by atoms with van der Waals surface area (Å²) in [6.45, 7) is 11.6. The second kappa shape index (κ2) is 10.3. The maximum Gasteiger partial charge on any atom is 0.224 e. The summed E-state index contributed by atoms with van der Waals surface area (Å²) in [7, 11) is 1.86. The Balaban J connectivity index is 1.28. The molecule has 6 nitrogen and oxygen atoms in total. The highest BCUT2D eigenvalue weighted by Gasteiger charge is 2.35. The number of ether oxygens (including phenoxy) is 1. The quantitative estimate of drug-likeness (QED) is 0.478. The maximum atomic E-state index is 11.8. The van der Waals surface area contributed by atoms with E-state index in [-0.39, 0.29) is 12.0 Å². The van der Waals surface area contributed by atoms with Crippen molar-refractivity contribution in [3.05, 3.63) is 58.9 Å². The Kier molecular flexibility index (Phi) is 7.18. The Labute approximate surface area is 215 Å². The molecule has 3 aromatic rings. The van der Waals surface area contributed by atoms with Crippen molar-refractivity contribution in [1.29, 1.82) is 0 Å². The van der Waals surface area contributed by atoms with E-state index in [2.05, 4.69) is 65.9 Å². The standard InChI is InChI=1S/C30H40N4O2/c1-6-29(35)31-24-9-8-22-14-21(15-23(22)16-24)17-33-12-11-27(28(18-33)36-5)34-26-10-7-20(4)13-25(26)32-30(34)19(2)3/h7-10,13,16,19,21,27-28H,6,11-12,14-15,17-18H2,1-5H3,(H,31,35)/t21?,27?,28-/m1/s1. The van der Waals surface area contributed by atoms with E-state index in [0.29, 0.717) is 24.3 Å². The Bertz CT molecular complexity index is 1250. The van der Waals surface area contributed by atoms with Crippen LogP contribution >= 0.6 is 0 Å². The summed E-state index contributed by atoms with van der Waals surface area (Å²) in [4.78, 5) is 19.4. The molecule has 6 heteroatoms. The van der Waals surface area contributed by atoms with Crippen molar-refractivity contribution in [3.8, 4) is 0 Å². The largest absolute Gasteiger partial charge is 0.378 e. The lowest BCUT2D eigenvalue weighted by Gasteiger charge is -2.40. The molecule has 2 aromatic carbocycles. The van der Waals surface area contributed by atoms with E-state index < -0.39 is 0 Å². The van der Waals surface area contributed by atoms with Gasteiger partial charge in [-0.3, -0.25) is 4.79 Å². The molecule has 1 aliphatic heterocycles. The van der Waals surface area contributed by atoms with Crippen LogP contribution < -0.4 is 5.32 Å². The predicted molar refractivity (Wildman–Crippen MR) is 146 cm³/mol. The highest BCUT2D eigenvalue weighted by Crippen LogP contribution is 2.35. The summed E-state index contributed by atoms with van der Waals surface area (Å²) >= 11 is 0. The molecule has 36 heavy (non-hydrogen) atoms. The van der Waals surface area contributed by atoms with Gasteiger partial charge in [0.15, 0.2) is 0 Å². The van der Waals surface area contributed by atoms with Crippen LogP contribution in [0, 0.1) is 12.8 Å². The van der Waals surface area contributed by atoms with Crippen molar-refractivity contribution >= 4 is 22.6 Å². The number of amides is 1. The predicted octanol–water partition coefficient (Wildman–Crippen LogP) is 5.49. The van der Waals surface area contributed by atoms with Crippen molar-refractivity contribution in [2.24, 2.45) is 5.92 Å². The molecule has 192 valence electrons. The Morgan fingerprint density at radius 2 is 1.97 bits per heavy atom. The number of methoxy groups -OCH3 is 1. The second-order valence-corrected chi connectivity index (χ2v) is 11.0. The van der Waals surface area contributed by atoms with Gasteiger partial charge in [0.05, 0.1) is 23.2 Å². The minimum absolute atomic E-state index is 0.0689. The molecule has 0 radical (unpaired) electrons. The number of benzene rings is 2. The number of nitrogens with one attached hydrogen (secondary N) is 1. The Morgan fingerprint density at radius 1 is 1.17 bits per heavy atom. The van der Waals surface area contributed by atoms with Crippen LogP contribution in [-0.4, -0.2) is 53.2 Å². The summed E-state index contributed by atoms with van der Waals surface area (Å²) in [5.41, 5.74) is 7.29. The van der Waals surface area contributed by atoms with Crippen LogP contribution in [-0.2, 0) is 22.4 Å². The van der Waals surface area contributed by atoms with Crippen molar-refractivity contribution in [3.63, 3.8) is 0 Å². The van der Waals surface area contributed by atoms with Crippen LogP contribution in [0.4, 0.5) is 5.69 Å². The maximum absolute atomic E-state index is 11.8. The number of imidazole rings is 1. The summed E-state index contributed by atoms with van der Waals surface area (Å²) in [5.74, 6) is 2.19. The van der Waals surface area contributed by atoms with Crippen LogP contribution in [0.5, 0.6) is 0 Å². The van der Waals surface area contributed by atoms with E-state index in [1.165, 1.54) is 22.2 Å². The molecular weight excluding hydrogens is 448 g/mol. The first-order valence-corrected chi connectivity index (χ1v) is 13.5. The zero-order chi connectivity index (χ0) is 25.4. The first kappa shape index (κ1) is 25.0. The van der Waals surface area contributed by atoms with Crippen LogP contribution in [0.2, 0.25) is 0 Å². The fraction of sp³-hybridized carbons (Fsp3) is 0.533. The number of nitrogens with zero attached hydrogens (tertiary/aromatic N) is 3. The lowest BCUT2D eigenvalue weighted by Crippen LogP contribution is -2.47. The number of aryl methyl sites for hydroxylation is 1. The molecule has 2 unspecified atom stereocenters. The van der Waals surface area contributed by atoms with Crippen LogP contribution in [0.15, 0.2) is 36.4 Å². The minimum Gasteiger partial charge on any atom is -0.378 e. The van der Waals surface area contributed by atoms with Crippen molar-refractivity contribution in [2.45, 2.75) is 71.4 Å². The number of rotatable bonds is 7. The van der Waals surface area contributed by atoms with Crippen molar-refractivity contribution in [2.75, 3.05) is 32.1 Å². The normalized spacial score (nSPS) is 22.3. The molecule has 1 aliphatic carbocycles. The Morgan fingerprint density at radius 3 is 2.72 bits per heavy atom. The number of hydrogen-bond acceptors (Lipinski definition) is 4. The fourth-order valence-corrected chi connectivity index (χ4v) is 6.17. The van der Waals surface area contributed by atoms with Gasteiger partial charge in [0, 0.05) is 44.8 Å². The zero-order valence-corrected chi connectivity index (χ0v) is 22.4. The summed E-state index contributed by atoms with van der Waals surface area (Å²) in [5, 5.41) is 3.00. The van der Waals surface area contributed by atoms with E-state index >= 15 is 0 Å². The van der Waals surface area contributed by atoms with E-state index in [9.17, 15) is 4.79 Å². The summed E-state index contributed by atoms with van der Waals surface area (Å²) in [6.07, 6.45) is 3.88. The van der Waals surface area contributed by atoms with Gasteiger partial charge in [-0.05, 0) is 73.1 Å². The third-order valence-electron chi connectivity index (χ3n) is 7.98. The molecule has 1 N–H and O–H groups in total. The first-order valence-electron chi connectivity index (χ1n) is 13.5. The fourth-order valence-electron chi connectivity index (χ4n) is 6.17. The molecule has 5 rings (SSSR count). The average molecular weight is 489 g/mol. The van der Waals surface area contributed by atoms with Crippen LogP contribution in [0.25, 0.3) is 11.0 Å². The number of fused-ring (bicyclic) bond motifs is 2. The second-order valence-electron chi connectivity index (χ2n) is 11.0. The molecule has 1 amide bonds.